The van der Waals surface area contributed by atoms with Crippen molar-refractivity contribution in [3.8, 4) is 0 Å². The summed E-state index contributed by atoms with van der Waals surface area (Å²) in [5, 5.41) is 0. The minimum absolute atomic E-state index is 0.285. The molecular formula is C15H7BrF4O. The fraction of sp³-hybridized carbons (Fsp3) is 0. The van der Waals surface area contributed by atoms with Gasteiger partial charge in [0.2, 0.25) is 0 Å². The van der Waals surface area contributed by atoms with E-state index >= 15 is 0 Å². The molecule has 0 unspecified atom stereocenters. The smallest absolute Gasteiger partial charge is 0.185 e. The Morgan fingerprint density at radius 3 is 1.95 bits per heavy atom. The van der Waals surface area contributed by atoms with Gasteiger partial charge in [-0.1, -0.05) is 30.3 Å². The van der Waals surface area contributed by atoms with Crippen molar-refractivity contribution >= 4 is 27.8 Å². The lowest BCUT2D eigenvalue weighted by molar-refractivity contribution is 0.104. The number of ketones is 1. The first-order chi connectivity index (χ1) is 9.93. The molecule has 0 N–H and O–H groups in total. The van der Waals surface area contributed by atoms with Crippen molar-refractivity contribution in [3.05, 3.63) is 75.3 Å². The van der Waals surface area contributed by atoms with Crippen LogP contribution < -0.4 is 0 Å². The van der Waals surface area contributed by atoms with Crippen molar-refractivity contribution in [1.82, 2.24) is 0 Å². The van der Waals surface area contributed by atoms with E-state index in [0.717, 1.165) is 6.08 Å². The van der Waals surface area contributed by atoms with E-state index in [-0.39, 0.29) is 5.56 Å². The van der Waals surface area contributed by atoms with Crippen LogP contribution in [0.2, 0.25) is 0 Å². The van der Waals surface area contributed by atoms with Crippen LogP contribution in [0.15, 0.2) is 40.9 Å². The Labute approximate surface area is 126 Å². The number of halogens is 5. The lowest BCUT2D eigenvalue weighted by Gasteiger charge is -2.05. The van der Waals surface area contributed by atoms with E-state index in [0.29, 0.717) is 6.08 Å². The number of carbonyl (C=O) groups is 1. The monoisotopic (exact) mass is 358 g/mol. The molecule has 2 aromatic rings. The molecule has 21 heavy (non-hydrogen) atoms. The molecule has 0 atom stereocenters. The van der Waals surface area contributed by atoms with Crippen molar-refractivity contribution in [2.45, 2.75) is 0 Å². The SMILES string of the molecule is O=C(/C=C/c1c(F)c(F)c(Br)c(F)c1F)c1ccccc1. The van der Waals surface area contributed by atoms with E-state index in [1.807, 2.05) is 0 Å². The summed E-state index contributed by atoms with van der Waals surface area (Å²) in [6.45, 7) is 0. The summed E-state index contributed by atoms with van der Waals surface area (Å²) in [6.07, 6.45) is 1.56. The number of hydrogen-bond donors (Lipinski definition) is 0. The molecule has 0 aliphatic rings. The average molecular weight is 359 g/mol. The molecule has 1 nitrogen and oxygen atoms in total. The van der Waals surface area contributed by atoms with E-state index in [4.69, 9.17) is 0 Å². The summed E-state index contributed by atoms with van der Waals surface area (Å²) in [6, 6.07) is 7.92. The second-order valence-electron chi connectivity index (χ2n) is 4.05. The van der Waals surface area contributed by atoms with Crippen LogP contribution in [-0.4, -0.2) is 5.78 Å². The van der Waals surface area contributed by atoms with Crippen LogP contribution in [0.25, 0.3) is 6.08 Å². The molecule has 0 aromatic heterocycles. The van der Waals surface area contributed by atoms with Gasteiger partial charge >= 0.3 is 0 Å². The second kappa shape index (κ2) is 6.22. The topological polar surface area (TPSA) is 17.1 Å². The summed E-state index contributed by atoms with van der Waals surface area (Å²) in [5.74, 6) is -6.80. The summed E-state index contributed by atoms with van der Waals surface area (Å²) in [5.41, 5.74) is -0.662. The molecule has 2 aromatic carbocycles. The average Bonchev–Trinajstić information content (AvgIpc) is 2.51. The van der Waals surface area contributed by atoms with Crippen LogP contribution in [0.5, 0.6) is 0 Å². The molecule has 108 valence electrons. The summed E-state index contributed by atoms with van der Waals surface area (Å²) < 4.78 is 52.9. The van der Waals surface area contributed by atoms with E-state index in [9.17, 15) is 22.4 Å². The van der Waals surface area contributed by atoms with Crippen LogP contribution in [0.4, 0.5) is 17.6 Å². The second-order valence-corrected chi connectivity index (χ2v) is 4.84. The highest BCUT2D eigenvalue weighted by molar-refractivity contribution is 9.10. The highest BCUT2D eigenvalue weighted by Crippen LogP contribution is 2.28. The fourth-order valence-corrected chi connectivity index (χ4v) is 1.97. The highest BCUT2D eigenvalue weighted by atomic mass is 79.9. The van der Waals surface area contributed by atoms with Crippen molar-refractivity contribution in [3.63, 3.8) is 0 Å². The zero-order chi connectivity index (χ0) is 15.6. The Balaban J connectivity index is 2.41. The Hall–Kier alpha value is -1.95. The van der Waals surface area contributed by atoms with E-state index < -0.39 is 39.1 Å². The van der Waals surface area contributed by atoms with E-state index in [1.54, 1.807) is 18.2 Å². The molecule has 0 spiro atoms. The first-order valence-electron chi connectivity index (χ1n) is 5.72. The number of hydrogen-bond acceptors (Lipinski definition) is 1. The number of carbonyl (C=O) groups excluding carboxylic acids is 1. The quantitative estimate of drug-likeness (QED) is 0.250. The number of rotatable bonds is 3. The van der Waals surface area contributed by atoms with Gasteiger partial charge < -0.3 is 0 Å². The van der Waals surface area contributed by atoms with Crippen molar-refractivity contribution in [2.75, 3.05) is 0 Å². The molecule has 0 amide bonds. The third kappa shape index (κ3) is 3.05. The molecule has 2 rings (SSSR count). The van der Waals surface area contributed by atoms with Gasteiger partial charge in [0.25, 0.3) is 0 Å². The van der Waals surface area contributed by atoms with Crippen molar-refractivity contribution in [2.24, 2.45) is 0 Å². The molecule has 0 heterocycles. The predicted molar refractivity (Wildman–Crippen MR) is 73.8 cm³/mol. The van der Waals surface area contributed by atoms with Gasteiger partial charge in [-0.3, -0.25) is 4.79 Å². The zero-order valence-corrected chi connectivity index (χ0v) is 11.9. The van der Waals surface area contributed by atoms with Gasteiger partial charge in [0.15, 0.2) is 29.1 Å². The third-order valence-electron chi connectivity index (χ3n) is 2.70. The number of benzene rings is 2. The fourth-order valence-electron chi connectivity index (χ4n) is 1.63. The molecule has 0 radical (unpaired) electrons. The maximum atomic E-state index is 13.6. The van der Waals surface area contributed by atoms with Crippen molar-refractivity contribution < 1.29 is 22.4 Å². The van der Waals surface area contributed by atoms with Crippen LogP contribution in [0.3, 0.4) is 0 Å². The lowest BCUT2D eigenvalue weighted by Crippen LogP contribution is -2.01. The van der Waals surface area contributed by atoms with Gasteiger partial charge in [0, 0.05) is 5.56 Å². The third-order valence-corrected chi connectivity index (χ3v) is 3.40. The molecule has 0 aliphatic carbocycles. The maximum Gasteiger partial charge on any atom is 0.185 e. The Kier molecular flexibility index (Phi) is 4.57. The van der Waals surface area contributed by atoms with Crippen LogP contribution in [0.1, 0.15) is 15.9 Å². The minimum Gasteiger partial charge on any atom is -0.289 e. The summed E-state index contributed by atoms with van der Waals surface area (Å²) in [4.78, 5) is 11.7. The van der Waals surface area contributed by atoms with Gasteiger partial charge in [-0.15, -0.1) is 0 Å². The minimum atomic E-state index is -1.57. The molecular weight excluding hydrogens is 352 g/mol. The predicted octanol–water partition coefficient (Wildman–Crippen LogP) is 4.90. The molecule has 0 aliphatic heterocycles. The Morgan fingerprint density at radius 2 is 1.43 bits per heavy atom. The largest absolute Gasteiger partial charge is 0.289 e. The molecule has 0 saturated carbocycles. The zero-order valence-electron chi connectivity index (χ0n) is 10.3. The van der Waals surface area contributed by atoms with Gasteiger partial charge in [-0.05, 0) is 28.1 Å². The van der Waals surface area contributed by atoms with E-state index in [1.165, 1.54) is 12.1 Å². The highest BCUT2D eigenvalue weighted by Gasteiger charge is 2.22. The van der Waals surface area contributed by atoms with Gasteiger partial charge in [-0.2, -0.15) is 0 Å². The normalized spacial score (nSPS) is 11.1. The van der Waals surface area contributed by atoms with Gasteiger partial charge in [0.1, 0.15) is 0 Å². The maximum absolute atomic E-state index is 13.6. The van der Waals surface area contributed by atoms with Crippen LogP contribution in [0, 0.1) is 23.3 Å². The Morgan fingerprint density at radius 1 is 0.905 bits per heavy atom. The van der Waals surface area contributed by atoms with Crippen molar-refractivity contribution in [1.29, 1.82) is 0 Å². The van der Waals surface area contributed by atoms with Crippen LogP contribution in [-0.2, 0) is 0 Å². The summed E-state index contributed by atoms with van der Waals surface area (Å²) >= 11 is 2.41. The summed E-state index contributed by atoms with van der Waals surface area (Å²) in [7, 11) is 0. The molecule has 0 bridgehead atoms. The van der Waals surface area contributed by atoms with Gasteiger partial charge in [0.05, 0.1) is 10.0 Å². The van der Waals surface area contributed by atoms with Gasteiger partial charge in [-0.25, -0.2) is 17.6 Å². The van der Waals surface area contributed by atoms with E-state index in [2.05, 4.69) is 15.9 Å². The molecule has 6 heteroatoms. The van der Waals surface area contributed by atoms with Crippen LogP contribution >= 0.6 is 15.9 Å². The molecule has 0 saturated heterocycles. The first kappa shape index (κ1) is 15.4. The Bertz CT molecular complexity index is 697. The number of allylic oxidation sites excluding steroid dienone is 1. The molecule has 0 fully saturated rings. The lowest BCUT2D eigenvalue weighted by atomic mass is 10.1. The first-order valence-corrected chi connectivity index (χ1v) is 6.51. The standard InChI is InChI=1S/C15H7BrF4O/c16-11-14(19)12(17)9(13(18)15(11)20)6-7-10(21)8-4-2-1-3-5-8/h1-7H/b7-6+.